The molecule has 0 aliphatic carbocycles. The second-order valence-electron chi connectivity index (χ2n) is 5.14. The minimum absolute atomic E-state index is 0.180. The van der Waals surface area contributed by atoms with Crippen molar-refractivity contribution in [2.45, 2.75) is 26.2 Å². The molecule has 0 aliphatic rings. The molecule has 0 unspecified atom stereocenters. The molecule has 6 heteroatoms. The molecule has 96 valence electrons. The molecular weight excluding hydrogens is 345 g/mol. The van der Waals surface area contributed by atoms with Crippen LogP contribution in [0, 0.1) is 3.57 Å². The third-order valence-corrected chi connectivity index (χ3v) is 3.61. The van der Waals surface area contributed by atoms with Crippen molar-refractivity contribution in [1.29, 1.82) is 0 Å². The Morgan fingerprint density at radius 1 is 1.22 bits per heavy atom. The summed E-state index contributed by atoms with van der Waals surface area (Å²) >= 11 is 1.93. The molecule has 0 aliphatic heterocycles. The van der Waals surface area contributed by atoms with Crippen LogP contribution in [0.4, 0.5) is 5.82 Å². The maximum atomic E-state index is 9.73. The van der Waals surface area contributed by atoms with Gasteiger partial charge in [0, 0.05) is 10.8 Å². The van der Waals surface area contributed by atoms with E-state index < -0.39 is 0 Å². The number of halogens is 1. The van der Waals surface area contributed by atoms with Crippen molar-refractivity contribution in [1.82, 2.24) is 9.97 Å². The Bertz CT molecular complexity index is 635. The Balaban J connectivity index is 2.88. The van der Waals surface area contributed by atoms with Gasteiger partial charge in [0.2, 0.25) is 0 Å². The number of nitrogen functional groups attached to an aromatic ring is 1. The van der Waals surface area contributed by atoms with E-state index in [2.05, 4.69) is 9.97 Å². The summed E-state index contributed by atoms with van der Waals surface area (Å²) in [6, 6.07) is 1.38. The number of aromatic hydroxyl groups is 2. The number of nitrogens with two attached hydrogens (primary N) is 1. The van der Waals surface area contributed by atoms with Crippen LogP contribution in [0.15, 0.2) is 6.07 Å². The van der Waals surface area contributed by atoms with Crippen LogP contribution < -0.4 is 5.73 Å². The highest BCUT2D eigenvalue weighted by atomic mass is 127. The molecular formula is C12H14IN3O2. The van der Waals surface area contributed by atoms with Gasteiger partial charge in [-0.1, -0.05) is 20.8 Å². The average Bonchev–Trinajstić information content (AvgIpc) is 2.26. The number of phenols is 2. The second kappa shape index (κ2) is 4.11. The first kappa shape index (κ1) is 13.1. The molecule has 0 saturated carbocycles. The lowest BCUT2D eigenvalue weighted by molar-refractivity contribution is 0.402. The molecule has 0 amide bonds. The predicted molar refractivity (Wildman–Crippen MR) is 78.7 cm³/mol. The van der Waals surface area contributed by atoms with Gasteiger partial charge < -0.3 is 15.9 Å². The van der Waals surface area contributed by atoms with Gasteiger partial charge in [0.15, 0.2) is 11.5 Å². The van der Waals surface area contributed by atoms with Crippen molar-refractivity contribution >= 4 is 39.3 Å². The maximum absolute atomic E-state index is 9.73. The number of rotatable bonds is 0. The van der Waals surface area contributed by atoms with Crippen LogP contribution in [0.5, 0.6) is 11.5 Å². The largest absolute Gasteiger partial charge is 0.504 e. The Hall–Kier alpha value is -1.31. The predicted octanol–water partition coefficient (Wildman–Crippen LogP) is 2.53. The van der Waals surface area contributed by atoms with Gasteiger partial charge in [0.1, 0.15) is 11.6 Å². The summed E-state index contributed by atoms with van der Waals surface area (Å²) in [6.45, 7) is 5.96. The topological polar surface area (TPSA) is 92.3 Å². The quantitative estimate of drug-likeness (QED) is 0.497. The minimum Gasteiger partial charge on any atom is -0.504 e. The molecule has 0 fully saturated rings. The van der Waals surface area contributed by atoms with Crippen molar-refractivity contribution < 1.29 is 10.2 Å². The third kappa shape index (κ3) is 2.05. The number of hydrogen-bond acceptors (Lipinski definition) is 5. The van der Waals surface area contributed by atoms with Crippen LogP contribution in [0.3, 0.4) is 0 Å². The van der Waals surface area contributed by atoms with E-state index in [0.29, 0.717) is 26.1 Å². The van der Waals surface area contributed by atoms with Gasteiger partial charge in [0.25, 0.3) is 0 Å². The van der Waals surface area contributed by atoms with Gasteiger partial charge in [-0.05, 0) is 28.7 Å². The highest BCUT2D eigenvalue weighted by molar-refractivity contribution is 14.1. The highest BCUT2D eigenvalue weighted by Gasteiger charge is 2.21. The summed E-state index contributed by atoms with van der Waals surface area (Å²) in [7, 11) is 0. The van der Waals surface area contributed by atoms with E-state index in [1.54, 1.807) is 0 Å². The van der Waals surface area contributed by atoms with Gasteiger partial charge >= 0.3 is 0 Å². The first-order valence-corrected chi connectivity index (χ1v) is 6.48. The average molecular weight is 359 g/mol. The highest BCUT2D eigenvalue weighted by Crippen LogP contribution is 2.38. The minimum atomic E-state index is -0.237. The number of hydrogen-bond donors (Lipinski definition) is 3. The Kier molecular flexibility index (Phi) is 3.00. The standard InChI is InChI=1S/C12H14IN3O2/c1-12(2,3)11-15-8-5(10(14)16-11)4-6(17)9(18)7(8)13/h4,17-18H,1-3H3,(H2,14,15,16). The monoisotopic (exact) mass is 359 g/mol. The van der Waals surface area contributed by atoms with Crippen molar-refractivity contribution in [2.24, 2.45) is 0 Å². The Morgan fingerprint density at radius 2 is 1.83 bits per heavy atom. The van der Waals surface area contributed by atoms with E-state index in [1.807, 2.05) is 43.4 Å². The van der Waals surface area contributed by atoms with Crippen LogP contribution in [-0.2, 0) is 5.41 Å². The molecule has 5 nitrogen and oxygen atoms in total. The van der Waals surface area contributed by atoms with E-state index in [0.717, 1.165) is 0 Å². The van der Waals surface area contributed by atoms with Crippen LogP contribution in [0.25, 0.3) is 10.9 Å². The fourth-order valence-corrected chi connectivity index (χ4v) is 2.25. The lowest BCUT2D eigenvalue weighted by Crippen LogP contribution is -2.17. The van der Waals surface area contributed by atoms with Gasteiger partial charge in [-0.2, -0.15) is 0 Å². The molecule has 0 saturated heterocycles. The number of anilines is 1. The molecule has 0 bridgehead atoms. The van der Waals surface area contributed by atoms with E-state index in [1.165, 1.54) is 6.07 Å². The summed E-state index contributed by atoms with van der Waals surface area (Å²) in [6.07, 6.45) is 0. The molecule has 18 heavy (non-hydrogen) atoms. The number of fused-ring (bicyclic) bond motifs is 1. The Labute approximate surface area is 118 Å². The van der Waals surface area contributed by atoms with Crippen molar-refractivity contribution in [2.75, 3.05) is 5.73 Å². The van der Waals surface area contributed by atoms with E-state index >= 15 is 0 Å². The molecule has 0 atom stereocenters. The zero-order valence-electron chi connectivity index (χ0n) is 10.3. The van der Waals surface area contributed by atoms with Crippen LogP contribution in [0.1, 0.15) is 26.6 Å². The summed E-state index contributed by atoms with van der Waals surface area (Å²) in [5, 5.41) is 19.9. The fraction of sp³-hybridized carbons (Fsp3) is 0.333. The van der Waals surface area contributed by atoms with Crippen LogP contribution >= 0.6 is 22.6 Å². The van der Waals surface area contributed by atoms with E-state index in [-0.39, 0.29) is 16.9 Å². The smallest absolute Gasteiger partial charge is 0.173 e. The molecule has 1 aromatic heterocycles. The van der Waals surface area contributed by atoms with Gasteiger partial charge in [0.05, 0.1) is 9.09 Å². The number of aromatic nitrogens is 2. The van der Waals surface area contributed by atoms with Crippen LogP contribution in [0.2, 0.25) is 0 Å². The normalized spacial score (nSPS) is 12.0. The number of phenolic OH excluding ortho intramolecular Hbond substituents is 2. The zero-order valence-corrected chi connectivity index (χ0v) is 12.5. The van der Waals surface area contributed by atoms with Crippen molar-refractivity contribution in [3.63, 3.8) is 0 Å². The molecule has 2 aromatic rings. The molecule has 4 N–H and O–H groups in total. The van der Waals surface area contributed by atoms with E-state index in [4.69, 9.17) is 5.73 Å². The summed E-state index contributed by atoms with van der Waals surface area (Å²) < 4.78 is 0.474. The fourth-order valence-electron chi connectivity index (χ4n) is 1.56. The Morgan fingerprint density at radius 3 is 2.39 bits per heavy atom. The molecule has 2 rings (SSSR count). The molecule has 0 radical (unpaired) electrons. The summed E-state index contributed by atoms with van der Waals surface area (Å²) in [5.74, 6) is 0.514. The lowest BCUT2D eigenvalue weighted by atomic mass is 9.95. The van der Waals surface area contributed by atoms with E-state index in [9.17, 15) is 10.2 Å². The van der Waals surface area contributed by atoms with Gasteiger partial charge in [-0.15, -0.1) is 0 Å². The molecule has 1 heterocycles. The van der Waals surface area contributed by atoms with Crippen molar-refractivity contribution in [3.05, 3.63) is 15.5 Å². The molecule has 0 spiro atoms. The lowest BCUT2D eigenvalue weighted by Gasteiger charge is -2.18. The SMILES string of the molecule is CC(C)(C)c1nc(N)c2cc(O)c(O)c(I)c2n1. The first-order chi connectivity index (χ1) is 8.21. The number of benzene rings is 1. The summed E-state index contributed by atoms with van der Waals surface area (Å²) in [4.78, 5) is 8.69. The van der Waals surface area contributed by atoms with Gasteiger partial charge in [-0.25, -0.2) is 9.97 Å². The summed E-state index contributed by atoms with van der Waals surface area (Å²) in [5.41, 5.74) is 6.22. The first-order valence-electron chi connectivity index (χ1n) is 5.40. The molecule has 1 aromatic carbocycles. The third-order valence-electron chi connectivity index (χ3n) is 2.59. The zero-order chi connectivity index (χ0) is 13.7. The second-order valence-corrected chi connectivity index (χ2v) is 6.22. The van der Waals surface area contributed by atoms with Crippen molar-refractivity contribution in [3.8, 4) is 11.5 Å². The number of nitrogens with zero attached hydrogens (tertiary/aromatic N) is 2. The van der Waals surface area contributed by atoms with Crippen LogP contribution in [-0.4, -0.2) is 20.2 Å². The van der Waals surface area contributed by atoms with Gasteiger partial charge in [-0.3, -0.25) is 0 Å². The maximum Gasteiger partial charge on any atom is 0.173 e.